The van der Waals surface area contributed by atoms with Crippen LogP contribution in [0.1, 0.15) is 52.2 Å². The number of amides is 2. The largest absolute Gasteiger partial charge is 0.370 e. The van der Waals surface area contributed by atoms with E-state index < -0.39 is 6.04 Å². The number of carbonyl (C=O) groups is 2. The molecule has 40 heavy (non-hydrogen) atoms. The molecular weight excluding hydrogens is 500 g/mol. The summed E-state index contributed by atoms with van der Waals surface area (Å²) >= 11 is 0. The molecule has 0 bridgehead atoms. The molecule has 2 amide bonds. The molecule has 4 rings (SSSR count). The lowest BCUT2D eigenvalue weighted by atomic mass is 9.90. The standard InChI is InChI=1S/C32H40N6O2/c1-23-14-16-26(17-15-23)30(39)36-21-27-18-20-38(31(40)29(37-27)13-8-19-35-32(33)34)22-28(24-9-4-2-5-10-24)25-11-6-3-7-12-25/h2-7,9-12,14-17,27-29,37H,8,13,18-22H2,1H3,(H,36,39)(H4,33,34,35)/t27-,29-/m0/s1. The molecule has 0 unspecified atom stereocenters. The van der Waals surface area contributed by atoms with Gasteiger partial charge in [0.15, 0.2) is 5.96 Å². The normalized spacial score (nSPS) is 17.4. The summed E-state index contributed by atoms with van der Waals surface area (Å²) in [5, 5.41) is 16.8. The lowest BCUT2D eigenvalue weighted by Crippen LogP contribution is -2.49. The van der Waals surface area contributed by atoms with Crippen molar-refractivity contribution in [3.63, 3.8) is 0 Å². The second kappa shape index (κ2) is 14.3. The van der Waals surface area contributed by atoms with Crippen molar-refractivity contribution in [3.8, 4) is 0 Å². The van der Waals surface area contributed by atoms with Gasteiger partial charge >= 0.3 is 0 Å². The second-order valence-corrected chi connectivity index (χ2v) is 10.4. The third kappa shape index (κ3) is 8.16. The van der Waals surface area contributed by atoms with Crippen molar-refractivity contribution in [2.75, 3.05) is 26.2 Å². The molecule has 0 radical (unpaired) electrons. The zero-order valence-electron chi connectivity index (χ0n) is 23.1. The van der Waals surface area contributed by atoms with Gasteiger partial charge in [-0.25, -0.2) is 0 Å². The van der Waals surface area contributed by atoms with E-state index in [9.17, 15) is 9.59 Å². The van der Waals surface area contributed by atoms with Crippen molar-refractivity contribution in [2.45, 2.75) is 44.2 Å². The highest BCUT2D eigenvalue weighted by atomic mass is 16.2. The van der Waals surface area contributed by atoms with Crippen LogP contribution in [-0.4, -0.2) is 60.9 Å². The van der Waals surface area contributed by atoms with Gasteiger partial charge < -0.3 is 26.6 Å². The van der Waals surface area contributed by atoms with Crippen LogP contribution in [0.15, 0.2) is 84.9 Å². The van der Waals surface area contributed by atoms with E-state index in [2.05, 4.69) is 40.2 Å². The summed E-state index contributed by atoms with van der Waals surface area (Å²) in [6, 6.07) is 27.7. The minimum absolute atomic E-state index is 0.0455. The van der Waals surface area contributed by atoms with Crippen molar-refractivity contribution in [1.82, 2.24) is 20.9 Å². The predicted octanol–water partition coefficient (Wildman–Crippen LogP) is 3.38. The zero-order valence-corrected chi connectivity index (χ0v) is 23.1. The molecule has 1 aliphatic heterocycles. The molecule has 3 aromatic rings. The van der Waals surface area contributed by atoms with Crippen LogP contribution in [-0.2, 0) is 4.79 Å². The van der Waals surface area contributed by atoms with Gasteiger partial charge in [-0.05, 0) is 49.4 Å². The Kier molecular flexibility index (Phi) is 10.3. The number of guanidine groups is 1. The van der Waals surface area contributed by atoms with E-state index in [1.165, 1.54) is 11.1 Å². The van der Waals surface area contributed by atoms with Crippen LogP contribution < -0.4 is 21.7 Å². The number of carbonyl (C=O) groups excluding carboxylic acids is 2. The van der Waals surface area contributed by atoms with E-state index in [4.69, 9.17) is 11.1 Å². The molecule has 8 heteroatoms. The summed E-state index contributed by atoms with van der Waals surface area (Å²) in [5.74, 6) is -0.0899. The van der Waals surface area contributed by atoms with Crippen molar-refractivity contribution in [2.24, 2.45) is 5.73 Å². The van der Waals surface area contributed by atoms with E-state index in [-0.39, 0.29) is 29.7 Å². The average Bonchev–Trinajstić information content (AvgIpc) is 3.12. The molecule has 0 aliphatic carbocycles. The van der Waals surface area contributed by atoms with Crippen LogP contribution in [0.2, 0.25) is 0 Å². The minimum atomic E-state index is -0.398. The highest BCUT2D eigenvalue weighted by molar-refractivity contribution is 5.94. The van der Waals surface area contributed by atoms with Crippen molar-refractivity contribution in [1.29, 1.82) is 5.41 Å². The molecule has 1 fully saturated rings. The summed E-state index contributed by atoms with van der Waals surface area (Å²) < 4.78 is 0. The Labute approximate surface area is 236 Å². The van der Waals surface area contributed by atoms with Crippen LogP contribution >= 0.6 is 0 Å². The Morgan fingerprint density at radius 2 is 1.62 bits per heavy atom. The van der Waals surface area contributed by atoms with Gasteiger partial charge in [-0.3, -0.25) is 15.0 Å². The molecule has 0 aromatic heterocycles. The number of rotatable bonds is 11. The van der Waals surface area contributed by atoms with Crippen molar-refractivity contribution in [3.05, 3.63) is 107 Å². The van der Waals surface area contributed by atoms with Gasteiger partial charge in [0.05, 0.1) is 6.04 Å². The van der Waals surface area contributed by atoms with Gasteiger partial charge in [0.1, 0.15) is 0 Å². The fourth-order valence-corrected chi connectivity index (χ4v) is 5.18. The Hall–Kier alpha value is -4.17. The smallest absolute Gasteiger partial charge is 0.251 e. The fourth-order valence-electron chi connectivity index (χ4n) is 5.18. The molecule has 1 heterocycles. The summed E-state index contributed by atoms with van der Waals surface area (Å²) in [7, 11) is 0. The molecule has 3 aromatic carbocycles. The van der Waals surface area contributed by atoms with Gasteiger partial charge in [0.2, 0.25) is 5.91 Å². The summed E-state index contributed by atoms with van der Waals surface area (Å²) in [6.07, 6.45) is 2.00. The maximum absolute atomic E-state index is 13.9. The first-order valence-electron chi connectivity index (χ1n) is 14.0. The van der Waals surface area contributed by atoms with Gasteiger partial charge in [0, 0.05) is 43.7 Å². The summed E-state index contributed by atoms with van der Waals surface area (Å²) in [6.45, 7) is 4.10. The first-order chi connectivity index (χ1) is 19.4. The van der Waals surface area contributed by atoms with Crippen LogP contribution in [0.4, 0.5) is 0 Å². The number of nitrogens with zero attached hydrogens (tertiary/aromatic N) is 1. The van der Waals surface area contributed by atoms with Gasteiger partial charge in [-0.2, -0.15) is 0 Å². The quantitative estimate of drug-likeness (QED) is 0.145. The Balaban J connectivity index is 1.49. The number of hydrogen-bond acceptors (Lipinski definition) is 4. The van der Waals surface area contributed by atoms with E-state index >= 15 is 0 Å². The number of benzene rings is 3. The van der Waals surface area contributed by atoms with Gasteiger partial charge in [0.25, 0.3) is 5.91 Å². The second-order valence-electron chi connectivity index (χ2n) is 10.4. The topological polar surface area (TPSA) is 123 Å². The van der Waals surface area contributed by atoms with Crippen molar-refractivity contribution >= 4 is 17.8 Å². The number of nitrogens with one attached hydrogen (secondary N) is 4. The van der Waals surface area contributed by atoms with E-state index in [0.717, 1.165) is 12.0 Å². The first kappa shape index (κ1) is 28.8. The average molecular weight is 541 g/mol. The lowest BCUT2D eigenvalue weighted by Gasteiger charge is -2.29. The van der Waals surface area contributed by atoms with E-state index in [0.29, 0.717) is 44.6 Å². The summed E-state index contributed by atoms with van der Waals surface area (Å²) in [4.78, 5) is 28.6. The number of hydrogen-bond donors (Lipinski definition) is 5. The van der Waals surface area contributed by atoms with Crippen LogP contribution in [0.5, 0.6) is 0 Å². The van der Waals surface area contributed by atoms with Gasteiger partial charge in [-0.15, -0.1) is 0 Å². The van der Waals surface area contributed by atoms with E-state index in [1.807, 2.05) is 72.5 Å². The first-order valence-corrected chi connectivity index (χ1v) is 14.0. The molecular formula is C32H40N6O2. The number of aryl methyl sites for hydroxylation is 1. The Bertz CT molecular complexity index is 1210. The van der Waals surface area contributed by atoms with Crippen LogP contribution in [0.3, 0.4) is 0 Å². The molecule has 0 saturated carbocycles. The van der Waals surface area contributed by atoms with Gasteiger partial charge in [-0.1, -0.05) is 78.4 Å². The Morgan fingerprint density at radius 3 is 2.23 bits per heavy atom. The zero-order chi connectivity index (χ0) is 28.3. The monoisotopic (exact) mass is 540 g/mol. The molecule has 0 spiro atoms. The molecule has 210 valence electrons. The molecule has 1 aliphatic rings. The highest BCUT2D eigenvalue weighted by Gasteiger charge is 2.32. The fraction of sp³-hybridized carbons (Fsp3) is 0.344. The third-order valence-electron chi connectivity index (χ3n) is 7.41. The van der Waals surface area contributed by atoms with Crippen molar-refractivity contribution < 1.29 is 9.59 Å². The predicted molar refractivity (Wildman–Crippen MR) is 159 cm³/mol. The molecule has 2 atom stereocenters. The molecule has 8 nitrogen and oxygen atoms in total. The van der Waals surface area contributed by atoms with Crippen LogP contribution in [0.25, 0.3) is 0 Å². The SMILES string of the molecule is Cc1ccc(C(=O)NC[C@@H]2CCN(CC(c3ccccc3)c3ccccc3)C(=O)[C@H](CCCNC(=N)N)N2)cc1. The minimum Gasteiger partial charge on any atom is -0.370 e. The maximum atomic E-state index is 13.9. The Morgan fingerprint density at radius 1 is 1.00 bits per heavy atom. The van der Waals surface area contributed by atoms with Crippen LogP contribution in [0, 0.1) is 12.3 Å². The van der Waals surface area contributed by atoms with E-state index in [1.54, 1.807) is 0 Å². The molecule has 1 saturated heterocycles. The lowest BCUT2D eigenvalue weighted by molar-refractivity contribution is -0.133. The summed E-state index contributed by atoms with van der Waals surface area (Å²) in [5.41, 5.74) is 9.50. The maximum Gasteiger partial charge on any atom is 0.251 e. The highest BCUT2D eigenvalue weighted by Crippen LogP contribution is 2.27. The third-order valence-corrected chi connectivity index (χ3v) is 7.41. The molecule has 6 N–H and O–H groups in total. The number of nitrogens with two attached hydrogens (primary N) is 1.